The van der Waals surface area contributed by atoms with Gasteiger partial charge in [0.2, 0.25) is 0 Å². The van der Waals surface area contributed by atoms with Gasteiger partial charge in [0.15, 0.2) is 0 Å². The summed E-state index contributed by atoms with van der Waals surface area (Å²) in [6, 6.07) is 6.67. The highest BCUT2D eigenvalue weighted by atomic mass is 16.3. The smallest absolute Gasteiger partial charge is 0.316 e. The quantitative estimate of drug-likeness (QED) is 0.627. The lowest BCUT2D eigenvalue weighted by Crippen LogP contribution is -2.26. The molecule has 0 saturated carbocycles. The van der Waals surface area contributed by atoms with E-state index < -0.39 is 6.03 Å². The van der Waals surface area contributed by atoms with Crippen LogP contribution in [-0.2, 0) is 0 Å². The maximum absolute atomic E-state index is 10.7. The summed E-state index contributed by atoms with van der Waals surface area (Å²) in [7, 11) is 0. The standard InChI is InChI=1S/C12H19N3O2/c1-12(2,8-16)7-14-9-4-3-5-10(6-9)15-11(13)17/h3-6,14,16H,7-8H2,1-2H3,(H3,13,15,17). The highest BCUT2D eigenvalue weighted by molar-refractivity contribution is 5.88. The fraction of sp³-hybridized carbons (Fsp3) is 0.417. The first-order valence-corrected chi connectivity index (χ1v) is 5.44. The Bertz CT molecular complexity index is 391. The van der Waals surface area contributed by atoms with Crippen molar-refractivity contribution in [3.8, 4) is 0 Å². The van der Waals surface area contributed by atoms with Crippen molar-refractivity contribution < 1.29 is 9.90 Å². The second-order valence-electron chi connectivity index (χ2n) is 4.75. The van der Waals surface area contributed by atoms with Crippen LogP contribution in [-0.4, -0.2) is 24.3 Å². The second kappa shape index (κ2) is 5.54. The second-order valence-corrected chi connectivity index (χ2v) is 4.75. The maximum Gasteiger partial charge on any atom is 0.316 e. The van der Waals surface area contributed by atoms with Gasteiger partial charge in [0.05, 0.1) is 0 Å². The van der Waals surface area contributed by atoms with Crippen molar-refractivity contribution in [2.24, 2.45) is 11.1 Å². The molecule has 1 aromatic carbocycles. The topological polar surface area (TPSA) is 87.4 Å². The molecule has 5 heteroatoms. The van der Waals surface area contributed by atoms with Gasteiger partial charge in [-0.3, -0.25) is 0 Å². The van der Waals surface area contributed by atoms with Crippen LogP contribution in [0.2, 0.25) is 0 Å². The Hall–Kier alpha value is -1.75. The maximum atomic E-state index is 10.7. The first-order valence-electron chi connectivity index (χ1n) is 5.44. The number of nitrogens with one attached hydrogen (secondary N) is 2. The first kappa shape index (κ1) is 13.3. The number of aliphatic hydroxyl groups is 1. The molecule has 0 radical (unpaired) electrons. The molecule has 0 aromatic heterocycles. The molecule has 0 aliphatic heterocycles. The van der Waals surface area contributed by atoms with Gasteiger partial charge in [-0.1, -0.05) is 19.9 Å². The van der Waals surface area contributed by atoms with Gasteiger partial charge in [0.1, 0.15) is 0 Å². The molecule has 2 amide bonds. The Morgan fingerprint density at radius 3 is 2.65 bits per heavy atom. The van der Waals surface area contributed by atoms with E-state index in [2.05, 4.69) is 10.6 Å². The molecule has 0 aliphatic carbocycles. The minimum Gasteiger partial charge on any atom is -0.396 e. The number of anilines is 2. The molecule has 17 heavy (non-hydrogen) atoms. The number of carbonyl (C=O) groups excluding carboxylic acids is 1. The molecule has 0 heterocycles. The summed E-state index contributed by atoms with van der Waals surface area (Å²) in [6.45, 7) is 4.68. The van der Waals surface area contributed by atoms with Crippen LogP contribution in [0.3, 0.4) is 0 Å². The lowest BCUT2D eigenvalue weighted by molar-refractivity contribution is 0.171. The zero-order valence-corrected chi connectivity index (χ0v) is 10.2. The number of rotatable bonds is 5. The molecule has 0 atom stereocenters. The SMILES string of the molecule is CC(C)(CO)CNc1cccc(NC(N)=O)c1. The molecular formula is C12H19N3O2. The van der Waals surface area contributed by atoms with Crippen molar-refractivity contribution in [2.45, 2.75) is 13.8 Å². The number of primary amides is 1. The highest BCUT2D eigenvalue weighted by Crippen LogP contribution is 2.18. The van der Waals surface area contributed by atoms with E-state index in [0.29, 0.717) is 12.2 Å². The summed E-state index contributed by atoms with van der Waals surface area (Å²) >= 11 is 0. The van der Waals surface area contributed by atoms with Gasteiger partial charge < -0.3 is 21.5 Å². The Kier molecular flexibility index (Phi) is 4.34. The van der Waals surface area contributed by atoms with Gasteiger partial charge in [-0.05, 0) is 18.2 Å². The molecule has 0 bridgehead atoms. The lowest BCUT2D eigenvalue weighted by Gasteiger charge is -2.22. The summed E-state index contributed by atoms with van der Waals surface area (Å²) in [5.41, 5.74) is 6.36. The van der Waals surface area contributed by atoms with Crippen molar-refractivity contribution in [1.82, 2.24) is 0 Å². The minimum atomic E-state index is -0.585. The van der Waals surface area contributed by atoms with E-state index in [1.165, 1.54) is 0 Å². The van der Waals surface area contributed by atoms with E-state index in [4.69, 9.17) is 10.8 Å². The monoisotopic (exact) mass is 237 g/mol. The van der Waals surface area contributed by atoms with E-state index in [1.807, 2.05) is 26.0 Å². The van der Waals surface area contributed by atoms with Crippen LogP contribution in [0.1, 0.15) is 13.8 Å². The fourth-order valence-electron chi connectivity index (χ4n) is 1.25. The number of carbonyl (C=O) groups is 1. The van der Waals surface area contributed by atoms with Crippen molar-refractivity contribution in [3.05, 3.63) is 24.3 Å². The van der Waals surface area contributed by atoms with Crippen LogP contribution >= 0.6 is 0 Å². The van der Waals surface area contributed by atoms with Crippen LogP contribution in [0.25, 0.3) is 0 Å². The molecule has 94 valence electrons. The molecule has 0 spiro atoms. The number of benzene rings is 1. The Labute approximate surface area is 101 Å². The molecule has 5 N–H and O–H groups in total. The molecule has 5 nitrogen and oxygen atoms in total. The van der Waals surface area contributed by atoms with E-state index in [1.54, 1.807) is 12.1 Å². The number of hydrogen-bond donors (Lipinski definition) is 4. The molecule has 0 fully saturated rings. The predicted molar refractivity (Wildman–Crippen MR) is 69.0 cm³/mol. The average Bonchev–Trinajstić information content (AvgIpc) is 2.26. The third kappa shape index (κ3) is 4.74. The zero-order chi connectivity index (χ0) is 12.9. The van der Waals surface area contributed by atoms with Crippen LogP contribution in [0.5, 0.6) is 0 Å². The van der Waals surface area contributed by atoms with Crippen molar-refractivity contribution in [1.29, 1.82) is 0 Å². The number of aliphatic hydroxyl groups excluding tert-OH is 1. The summed E-state index contributed by atoms with van der Waals surface area (Å²) in [5.74, 6) is 0. The van der Waals surface area contributed by atoms with Gasteiger partial charge in [-0.25, -0.2) is 4.79 Å². The Balaban J connectivity index is 2.63. The largest absolute Gasteiger partial charge is 0.396 e. The van der Waals surface area contributed by atoms with Crippen molar-refractivity contribution >= 4 is 17.4 Å². The normalized spacial score (nSPS) is 11.0. The van der Waals surface area contributed by atoms with Crippen LogP contribution in [0, 0.1) is 5.41 Å². The van der Waals surface area contributed by atoms with Crippen molar-refractivity contribution in [2.75, 3.05) is 23.8 Å². The van der Waals surface area contributed by atoms with Gasteiger partial charge in [-0.2, -0.15) is 0 Å². The van der Waals surface area contributed by atoms with E-state index >= 15 is 0 Å². The molecule has 0 aliphatic rings. The first-order chi connectivity index (χ1) is 7.93. The molecule has 1 rings (SSSR count). The Morgan fingerprint density at radius 2 is 2.06 bits per heavy atom. The Morgan fingerprint density at radius 1 is 1.41 bits per heavy atom. The van der Waals surface area contributed by atoms with Crippen LogP contribution in [0.4, 0.5) is 16.2 Å². The van der Waals surface area contributed by atoms with E-state index in [-0.39, 0.29) is 12.0 Å². The lowest BCUT2D eigenvalue weighted by atomic mass is 9.95. The van der Waals surface area contributed by atoms with E-state index in [0.717, 1.165) is 5.69 Å². The third-order valence-corrected chi connectivity index (χ3v) is 2.33. The molecule has 0 unspecified atom stereocenters. The zero-order valence-electron chi connectivity index (χ0n) is 10.2. The number of amides is 2. The van der Waals surface area contributed by atoms with E-state index in [9.17, 15) is 4.79 Å². The van der Waals surface area contributed by atoms with Gasteiger partial charge >= 0.3 is 6.03 Å². The summed E-state index contributed by atoms with van der Waals surface area (Å²) in [4.78, 5) is 10.7. The summed E-state index contributed by atoms with van der Waals surface area (Å²) < 4.78 is 0. The number of urea groups is 1. The van der Waals surface area contributed by atoms with Crippen molar-refractivity contribution in [3.63, 3.8) is 0 Å². The summed E-state index contributed by atoms with van der Waals surface area (Å²) in [5, 5.41) is 14.8. The van der Waals surface area contributed by atoms with Crippen LogP contribution < -0.4 is 16.4 Å². The fourth-order valence-corrected chi connectivity index (χ4v) is 1.25. The number of nitrogens with two attached hydrogens (primary N) is 1. The summed E-state index contributed by atoms with van der Waals surface area (Å²) in [6.07, 6.45) is 0. The molecule has 0 saturated heterocycles. The van der Waals surface area contributed by atoms with Gasteiger partial charge in [0, 0.05) is 29.9 Å². The molecular weight excluding hydrogens is 218 g/mol. The van der Waals surface area contributed by atoms with Gasteiger partial charge in [0.25, 0.3) is 0 Å². The highest BCUT2D eigenvalue weighted by Gasteiger charge is 2.15. The van der Waals surface area contributed by atoms with Gasteiger partial charge in [-0.15, -0.1) is 0 Å². The minimum absolute atomic E-state index is 0.110. The van der Waals surface area contributed by atoms with Crippen LogP contribution in [0.15, 0.2) is 24.3 Å². The average molecular weight is 237 g/mol. The predicted octanol–water partition coefficient (Wildman–Crippen LogP) is 1.61. The number of hydrogen-bond acceptors (Lipinski definition) is 3. The third-order valence-electron chi connectivity index (χ3n) is 2.33. The molecule has 1 aromatic rings.